The summed E-state index contributed by atoms with van der Waals surface area (Å²) in [5, 5.41) is 0. The van der Waals surface area contributed by atoms with Gasteiger partial charge in [-0.05, 0) is 62.0 Å². The van der Waals surface area contributed by atoms with Crippen LogP contribution in [0.1, 0.15) is 85.0 Å². The third kappa shape index (κ3) is 3.35. The number of rotatable bonds is 1. The van der Waals surface area contributed by atoms with Crippen LogP contribution in [0.4, 0.5) is 4.39 Å². The fourth-order valence-electron chi connectivity index (χ4n) is 4.28. The summed E-state index contributed by atoms with van der Waals surface area (Å²) in [5.74, 6) is 1.97. The first kappa shape index (κ1) is 15.8. The highest BCUT2D eigenvalue weighted by molar-refractivity contribution is 5.39. The highest BCUT2D eigenvalue weighted by Gasteiger charge is 2.31. The molecule has 1 saturated carbocycles. The van der Waals surface area contributed by atoms with Gasteiger partial charge in [-0.3, -0.25) is 0 Å². The zero-order valence-electron chi connectivity index (χ0n) is 13.6. The van der Waals surface area contributed by atoms with E-state index in [1.54, 1.807) is 0 Å². The van der Waals surface area contributed by atoms with Crippen molar-refractivity contribution < 1.29 is 4.39 Å². The minimum Gasteiger partial charge on any atom is -0.207 e. The van der Waals surface area contributed by atoms with E-state index < -0.39 is 0 Å². The maximum atomic E-state index is 14.1. The minimum atomic E-state index is 0.151. The Hall–Kier alpha value is -0.590. The van der Waals surface area contributed by atoms with Gasteiger partial charge in [0.2, 0.25) is 0 Å². The Kier molecular flexibility index (Phi) is 5.86. The van der Waals surface area contributed by atoms with Crippen LogP contribution in [0, 0.1) is 11.8 Å². The van der Waals surface area contributed by atoms with E-state index in [9.17, 15) is 4.39 Å². The van der Waals surface area contributed by atoms with E-state index in [0.717, 1.165) is 42.2 Å². The molecule has 0 N–H and O–H groups in total. The Balaban J connectivity index is 0.000000704. The largest absolute Gasteiger partial charge is 0.207 e. The highest BCUT2D eigenvalue weighted by Crippen LogP contribution is 2.45. The van der Waals surface area contributed by atoms with Crippen molar-refractivity contribution >= 4 is 0 Å². The van der Waals surface area contributed by atoms with Gasteiger partial charge in [-0.15, -0.1) is 0 Å². The van der Waals surface area contributed by atoms with E-state index in [0.29, 0.717) is 0 Å². The van der Waals surface area contributed by atoms with Gasteiger partial charge in [-0.25, -0.2) is 4.39 Å². The standard InChI is InChI=1S/C17H25F.C2H6/c1-12-7-8-15-11-14(9-10-16(15)17(12)18)13-5-3-2-4-6-13;1-2/h13-14H,2-11H2,1H3;1-2H3. The smallest absolute Gasteiger partial charge is 0.125 e. The van der Waals surface area contributed by atoms with Gasteiger partial charge in [0.25, 0.3) is 0 Å². The normalized spacial score (nSPS) is 27.9. The fraction of sp³-hybridized carbons (Fsp3) is 0.789. The van der Waals surface area contributed by atoms with Gasteiger partial charge in [0.05, 0.1) is 0 Å². The van der Waals surface area contributed by atoms with Gasteiger partial charge >= 0.3 is 0 Å². The van der Waals surface area contributed by atoms with E-state index in [2.05, 4.69) is 0 Å². The molecule has 114 valence electrons. The molecule has 3 aliphatic carbocycles. The van der Waals surface area contributed by atoms with Crippen LogP contribution in [0.3, 0.4) is 0 Å². The molecule has 0 bridgehead atoms. The number of allylic oxidation sites excluding steroid dienone is 4. The molecule has 20 heavy (non-hydrogen) atoms. The number of hydrogen-bond donors (Lipinski definition) is 0. The summed E-state index contributed by atoms with van der Waals surface area (Å²) >= 11 is 0. The Morgan fingerprint density at radius 1 is 0.850 bits per heavy atom. The van der Waals surface area contributed by atoms with Crippen LogP contribution in [0.15, 0.2) is 22.5 Å². The van der Waals surface area contributed by atoms with Crippen molar-refractivity contribution in [1.29, 1.82) is 0 Å². The van der Waals surface area contributed by atoms with Crippen molar-refractivity contribution in [2.24, 2.45) is 11.8 Å². The molecule has 0 saturated heterocycles. The van der Waals surface area contributed by atoms with Gasteiger partial charge in [0.1, 0.15) is 5.83 Å². The van der Waals surface area contributed by atoms with E-state index >= 15 is 0 Å². The molecule has 0 nitrogen and oxygen atoms in total. The van der Waals surface area contributed by atoms with Crippen molar-refractivity contribution in [3.63, 3.8) is 0 Å². The van der Waals surface area contributed by atoms with Gasteiger partial charge in [-0.2, -0.15) is 0 Å². The lowest BCUT2D eigenvalue weighted by Crippen LogP contribution is -2.23. The van der Waals surface area contributed by atoms with Crippen LogP contribution in [0.2, 0.25) is 0 Å². The molecule has 0 radical (unpaired) electrons. The van der Waals surface area contributed by atoms with Crippen LogP contribution in [0.25, 0.3) is 0 Å². The maximum Gasteiger partial charge on any atom is 0.125 e. The van der Waals surface area contributed by atoms with E-state index in [1.165, 1.54) is 50.5 Å². The zero-order valence-corrected chi connectivity index (χ0v) is 13.6. The van der Waals surface area contributed by atoms with E-state index in [4.69, 9.17) is 0 Å². The van der Waals surface area contributed by atoms with Crippen LogP contribution in [0.5, 0.6) is 0 Å². The topological polar surface area (TPSA) is 0 Å². The summed E-state index contributed by atoms with van der Waals surface area (Å²) in [6.45, 7) is 5.96. The van der Waals surface area contributed by atoms with E-state index in [1.807, 2.05) is 20.8 Å². The molecule has 3 aliphatic rings. The molecule has 0 aromatic carbocycles. The number of halogens is 1. The molecular formula is C19H31F. The summed E-state index contributed by atoms with van der Waals surface area (Å²) in [4.78, 5) is 0. The van der Waals surface area contributed by atoms with Crippen LogP contribution < -0.4 is 0 Å². The Labute approximate surface area is 124 Å². The van der Waals surface area contributed by atoms with Crippen molar-refractivity contribution in [1.82, 2.24) is 0 Å². The molecule has 0 aliphatic heterocycles. The SMILES string of the molecule is CC.CC1=C(F)C2=C(CC1)CC(C1CCCCC1)CC2. The molecule has 0 heterocycles. The predicted octanol–water partition coefficient (Wildman–Crippen LogP) is 6.73. The monoisotopic (exact) mass is 278 g/mol. The van der Waals surface area contributed by atoms with Crippen molar-refractivity contribution in [3.05, 3.63) is 22.5 Å². The van der Waals surface area contributed by atoms with Crippen molar-refractivity contribution in [3.8, 4) is 0 Å². The molecule has 0 spiro atoms. The third-order valence-electron chi connectivity index (χ3n) is 5.46. The predicted molar refractivity (Wildman–Crippen MR) is 85.3 cm³/mol. The first-order chi connectivity index (χ1) is 9.75. The Morgan fingerprint density at radius 2 is 1.55 bits per heavy atom. The van der Waals surface area contributed by atoms with Crippen LogP contribution >= 0.6 is 0 Å². The Morgan fingerprint density at radius 3 is 2.25 bits per heavy atom. The van der Waals surface area contributed by atoms with Gasteiger partial charge in [0, 0.05) is 0 Å². The molecule has 0 aromatic rings. The lowest BCUT2D eigenvalue weighted by molar-refractivity contribution is 0.224. The summed E-state index contributed by atoms with van der Waals surface area (Å²) < 4.78 is 14.1. The molecule has 1 heteroatoms. The zero-order chi connectivity index (χ0) is 14.5. The first-order valence-corrected chi connectivity index (χ1v) is 8.82. The summed E-state index contributed by atoms with van der Waals surface area (Å²) in [7, 11) is 0. The number of hydrogen-bond acceptors (Lipinski definition) is 0. The molecule has 0 amide bonds. The van der Waals surface area contributed by atoms with Crippen LogP contribution in [-0.2, 0) is 0 Å². The molecule has 0 aromatic heterocycles. The summed E-state index contributed by atoms with van der Waals surface area (Å²) in [6, 6.07) is 0. The van der Waals surface area contributed by atoms with Crippen molar-refractivity contribution in [2.45, 2.75) is 85.0 Å². The average molecular weight is 278 g/mol. The second-order valence-electron chi connectivity index (χ2n) is 6.58. The minimum absolute atomic E-state index is 0.151. The first-order valence-electron chi connectivity index (χ1n) is 8.82. The van der Waals surface area contributed by atoms with Gasteiger partial charge in [0.15, 0.2) is 0 Å². The van der Waals surface area contributed by atoms with Crippen molar-refractivity contribution in [2.75, 3.05) is 0 Å². The summed E-state index contributed by atoms with van der Waals surface area (Å²) in [5.41, 5.74) is 3.57. The van der Waals surface area contributed by atoms with Gasteiger partial charge < -0.3 is 0 Å². The lowest BCUT2D eigenvalue weighted by Gasteiger charge is -2.36. The molecule has 1 atom stereocenters. The third-order valence-corrected chi connectivity index (χ3v) is 5.46. The molecule has 3 rings (SSSR count). The van der Waals surface area contributed by atoms with Crippen LogP contribution in [-0.4, -0.2) is 0 Å². The second-order valence-corrected chi connectivity index (χ2v) is 6.58. The summed E-state index contributed by atoms with van der Waals surface area (Å²) in [6.07, 6.45) is 12.7. The molecular weight excluding hydrogens is 247 g/mol. The lowest BCUT2D eigenvalue weighted by atomic mass is 9.70. The Bertz CT molecular complexity index is 383. The average Bonchev–Trinajstić information content (AvgIpc) is 2.53. The molecule has 1 fully saturated rings. The fourth-order valence-corrected chi connectivity index (χ4v) is 4.28. The van der Waals surface area contributed by atoms with E-state index in [-0.39, 0.29) is 5.83 Å². The quantitative estimate of drug-likeness (QED) is 0.499. The van der Waals surface area contributed by atoms with Gasteiger partial charge in [-0.1, -0.05) is 51.5 Å². The highest BCUT2D eigenvalue weighted by atomic mass is 19.1. The molecule has 1 unspecified atom stereocenters. The maximum absolute atomic E-state index is 14.1. The second kappa shape index (κ2) is 7.43.